The molecule has 30 heavy (non-hydrogen) atoms. The van der Waals surface area contributed by atoms with Crippen LogP contribution in [0.2, 0.25) is 0 Å². The van der Waals surface area contributed by atoms with Crippen molar-refractivity contribution in [2.75, 3.05) is 23.3 Å². The molecule has 6 nitrogen and oxygen atoms in total. The highest BCUT2D eigenvalue weighted by Crippen LogP contribution is 2.39. The first-order valence-electron chi connectivity index (χ1n) is 9.56. The molecule has 1 aliphatic heterocycles. The predicted octanol–water partition coefficient (Wildman–Crippen LogP) is 3.94. The lowest BCUT2D eigenvalue weighted by molar-refractivity contribution is -0.119. The normalized spacial score (nSPS) is 16.3. The zero-order chi connectivity index (χ0) is 21.9. The number of carbonyl (C=O) groups is 1. The van der Waals surface area contributed by atoms with E-state index in [0.29, 0.717) is 17.7 Å². The molecule has 1 amide bonds. The molecule has 0 saturated carbocycles. The Morgan fingerprint density at radius 2 is 1.93 bits per heavy atom. The van der Waals surface area contributed by atoms with Crippen LogP contribution in [-0.4, -0.2) is 28.0 Å². The number of fused-ring (bicyclic) bond motifs is 1. The monoisotopic (exact) mass is 432 g/mol. The summed E-state index contributed by atoms with van der Waals surface area (Å²) in [4.78, 5) is 13.6. The standard InChI is InChI=1S/C22H25FN2O4S/c1-4-9-25-21(26)10-15(2)19-11-18(12-20(23)22(19)25)24-30(27,28)14-17-7-5-16(6-8-17)13-29-3/h4-8,11-12,15,24H,1,9-10,13-14H2,2-3H3. The number of nitrogens with zero attached hydrogens (tertiary/aromatic N) is 1. The van der Waals surface area contributed by atoms with Gasteiger partial charge in [-0.3, -0.25) is 9.52 Å². The molecule has 0 spiro atoms. The SMILES string of the molecule is C=CCN1C(=O)CC(C)c2cc(NS(=O)(=O)Cc3ccc(COC)cc3)cc(F)c21. The Hall–Kier alpha value is -2.71. The van der Waals surface area contributed by atoms with Crippen LogP contribution >= 0.6 is 0 Å². The second-order valence-corrected chi connectivity index (χ2v) is 9.13. The minimum Gasteiger partial charge on any atom is -0.380 e. The van der Waals surface area contributed by atoms with Gasteiger partial charge in [0.1, 0.15) is 5.82 Å². The molecule has 1 aliphatic rings. The summed E-state index contributed by atoms with van der Waals surface area (Å²) >= 11 is 0. The fourth-order valence-electron chi connectivity index (χ4n) is 3.60. The van der Waals surface area contributed by atoms with Gasteiger partial charge < -0.3 is 9.64 Å². The molecule has 0 radical (unpaired) electrons. The van der Waals surface area contributed by atoms with Crippen LogP contribution in [-0.2, 0) is 31.9 Å². The Labute approximate surface area is 176 Å². The number of benzene rings is 2. The maximum absolute atomic E-state index is 14.9. The third-order valence-corrected chi connectivity index (χ3v) is 6.21. The fourth-order valence-corrected chi connectivity index (χ4v) is 4.78. The van der Waals surface area contributed by atoms with E-state index < -0.39 is 15.8 Å². The van der Waals surface area contributed by atoms with Crippen molar-refractivity contribution >= 4 is 27.3 Å². The maximum Gasteiger partial charge on any atom is 0.236 e. The van der Waals surface area contributed by atoms with Gasteiger partial charge in [-0.05, 0) is 28.7 Å². The van der Waals surface area contributed by atoms with E-state index in [0.717, 1.165) is 11.6 Å². The predicted molar refractivity (Wildman–Crippen MR) is 115 cm³/mol. The summed E-state index contributed by atoms with van der Waals surface area (Å²) in [5.41, 5.74) is 2.48. The zero-order valence-electron chi connectivity index (χ0n) is 17.0. The number of ether oxygens (including phenoxy) is 1. The lowest BCUT2D eigenvalue weighted by Gasteiger charge is -2.32. The topological polar surface area (TPSA) is 75.7 Å². The fraction of sp³-hybridized carbons (Fsp3) is 0.318. The van der Waals surface area contributed by atoms with Crippen molar-refractivity contribution in [1.82, 2.24) is 0 Å². The molecule has 0 saturated heterocycles. The van der Waals surface area contributed by atoms with Crippen LogP contribution in [0.25, 0.3) is 0 Å². The average molecular weight is 433 g/mol. The van der Waals surface area contributed by atoms with Gasteiger partial charge in [0, 0.05) is 26.1 Å². The molecule has 0 aliphatic carbocycles. The van der Waals surface area contributed by atoms with Gasteiger partial charge in [0.2, 0.25) is 15.9 Å². The highest BCUT2D eigenvalue weighted by Gasteiger charge is 2.31. The number of hydrogen-bond donors (Lipinski definition) is 1. The van der Waals surface area contributed by atoms with Gasteiger partial charge in [0.05, 0.1) is 23.7 Å². The van der Waals surface area contributed by atoms with Crippen molar-refractivity contribution in [3.05, 3.63) is 71.6 Å². The number of carbonyl (C=O) groups excluding carboxylic acids is 1. The number of methoxy groups -OCH3 is 1. The van der Waals surface area contributed by atoms with E-state index in [1.54, 1.807) is 37.4 Å². The lowest BCUT2D eigenvalue weighted by atomic mass is 9.90. The van der Waals surface area contributed by atoms with Crippen LogP contribution in [0.5, 0.6) is 0 Å². The van der Waals surface area contributed by atoms with Crippen molar-refractivity contribution in [1.29, 1.82) is 0 Å². The Balaban J connectivity index is 1.84. The average Bonchev–Trinajstić information content (AvgIpc) is 2.66. The van der Waals surface area contributed by atoms with Crippen LogP contribution in [0.3, 0.4) is 0 Å². The molecule has 3 rings (SSSR count). The van der Waals surface area contributed by atoms with E-state index in [2.05, 4.69) is 11.3 Å². The second kappa shape index (κ2) is 8.97. The molecule has 1 heterocycles. The van der Waals surface area contributed by atoms with Gasteiger partial charge in [-0.1, -0.05) is 37.3 Å². The molecule has 0 fully saturated rings. The molecule has 0 aromatic heterocycles. The van der Waals surface area contributed by atoms with Crippen LogP contribution in [0.4, 0.5) is 15.8 Å². The first kappa shape index (κ1) is 22.0. The van der Waals surface area contributed by atoms with Crippen LogP contribution in [0, 0.1) is 5.82 Å². The van der Waals surface area contributed by atoms with E-state index >= 15 is 0 Å². The van der Waals surface area contributed by atoms with Crippen LogP contribution in [0.15, 0.2) is 49.1 Å². The van der Waals surface area contributed by atoms with Gasteiger partial charge in [0.15, 0.2) is 0 Å². The first-order valence-corrected chi connectivity index (χ1v) is 11.2. The quantitative estimate of drug-likeness (QED) is 0.641. The van der Waals surface area contributed by atoms with E-state index in [4.69, 9.17) is 4.74 Å². The molecule has 0 bridgehead atoms. The summed E-state index contributed by atoms with van der Waals surface area (Å²) in [7, 11) is -2.16. The maximum atomic E-state index is 14.9. The molecule has 1 unspecified atom stereocenters. The largest absolute Gasteiger partial charge is 0.380 e. The number of nitrogens with one attached hydrogen (secondary N) is 1. The summed E-state index contributed by atoms with van der Waals surface area (Å²) in [6, 6.07) is 9.77. The highest BCUT2D eigenvalue weighted by molar-refractivity contribution is 7.91. The molecule has 2 aromatic carbocycles. The lowest BCUT2D eigenvalue weighted by Crippen LogP contribution is -2.37. The van der Waals surface area contributed by atoms with Crippen molar-refractivity contribution < 1.29 is 22.3 Å². The molecule has 2 aromatic rings. The van der Waals surface area contributed by atoms with Gasteiger partial charge >= 0.3 is 0 Å². The number of sulfonamides is 1. The Kier molecular flexibility index (Phi) is 6.58. The third-order valence-electron chi connectivity index (χ3n) is 4.95. The van der Waals surface area contributed by atoms with Crippen molar-refractivity contribution in [3.63, 3.8) is 0 Å². The summed E-state index contributed by atoms with van der Waals surface area (Å²) in [6.07, 6.45) is 1.76. The summed E-state index contributed by atoms with van der Waals surface area (Å²) in [5, 5.41) is 0. The first-order chi connectivity index (χ1) is 14.2. The number of hydrogen-bond acceptors (Lipinski definition) is 4. The second-order valence-electron chi connectivity index (χ2n) is 7.40. The Bertz CT molecular complexity index is 1050. The van der Waals surface area contributed by atoms with E-state index in [9.17, 15) is 17.6 Å². The number of amides is 1. The van der Waals surface area contributed by atoms with E-state index in [1.165, 1.54) is 11.0 Å². The molecular formula is C22H25FN2O4S. The summed E-state index contributed by atoms with van der Waals surface area (Å²) < 4.78 is 47.6. The molecule has 1 atom stereocenters. The van der Waals surface area contributed by atoms with Gasteiger partial charge in [-0.2, -0.15) is 0 Å². The van der Waals surface area contributed by atoms with Crippen LogP contribution < -0.4 is 9.62 Å². The number of halogens is 1. The highest BCUT2D eigenvalue weighted by atomic mass is 32.2. The Morgan fingerprint density at radius 1 is 1.27 bits per heavy atom. The van der Waals surface area contributed by atoms with E-state index in [1.807, 2.05) is 6.92 Å². The van der Waals surface area contributed by atoms with Crippen molar-refractivity contribution in [3.8, 4) is 0 Å². The number of rotatable bonds is 8. The van der Waals surface area contributed by atoms with Crippen LogP contribution in [0.1, 0.15) is 36.0 Å². The minimum atomic E-state index is -3.75. The molecule has 1 N–H and O–H groups in total. The van der Waals surface area contributed by atoms with Crippen molar-refractivity contribution in [2.24, 2.45) is 0 Å². The number of anilines is 2. The van der Waals surface area contributed by atoms with Crippen molar-refractivity contribution in [2.45, 2.75) is 31.6 Å². The molecule has 8 heteroatoms. The third kappa shape index (κ3) is 4.88. The summed E-state index contributed by atoms with van der Waals surface area (Å²) in [5.74, 6) is -1.29. The zero-order valence-corrected chi connectivity index (χ0v) is 17.8. The smallest absolute Gasteiger partial charge is 0.236 e. The van der Waals surface area contributed by atoms with Gasteiger partial charge in [-0.15, -0.1) is 6.58 Å². The van der Waals surface area contributed by atoms with Gasteiger partial charge in [-0.25, -0.2) is 12.8 Å². The molecular weight excluding hydrogens is 407 g/mol. The van der Waals surface area contributed by atoms with E-state index in [-0.39, 0.29) is 41.9 Å². The molecule has 160 valence electrons. The van der Waals surface area contributed by atoms with Gasteiger partial charge in [0.25, 0.3) is 0 Å². The summed E-state index contributed by atoms with van der Waals surface area (Å²) in [6.45, 7) is 6.08. The Morgan fingerprint density at radius 3 is 2.57 bits per heavy atom. The minimum absolute atomic E-state index is 0.141.